The highest BCUT2D eigenvalue weighted by molar-refractivity contribution is 5.25. The molecule has 0 radical (unpaired) electrons. The molecule has 6 nitrogen and oxygen atoms in total. The van der Waals surface area contributed by atoms with Gasteiger partial charge in [-0.05, 0) is 25.0 Å². The molecular weight excluding hydrogens is 240 g/mol. The number of nitrogens with one attached hydrogen (secondary N) is 1. The fourth-order valence-electron chi connectivity index (χ4n) is 2.15. The number of nitrogens with two attached hydrogens (primary N) is 1. The molecule has 6 heteroatoms. The second-order valence-corrected chi connectivity index (χ2v) is 4.62. The minimum atomic E-state index is -0.00903. The number of hydrogen-bond acceptors (Lipinski definition) is 5. The number of imidazole rings is 1. The highest BCUT2D eigenvalue weighted by atomic mass is 15.2. The molecule has 0 aliphatic rings. The maximum Gasteiger partial charge on any atom is 0.110 e. The third kappa shape index (κ3) is 2.97. The predicted octanol–water partition coefficient (Wildman–Crippen LogP) is 0.828. The first-order chi connectivity index (χ1) is 9.15. The molecule has 2 heterocycles. The molecule has 0 fully saturated rings. The zero-order valence-corrected chi connectivity index (χ0v) is 11.6. The summed E-state index contributed by atoms with van der Waals surface area (Å²) in [4.78, 5) is 4.34. The average Bonchev–Trinajstić information content (AvgIpc) is 2.81. The largest absolute Gasteiger partial charge is 0.338 e. The Kier molecular flexibility index (Phi) is 4.24. The normalized spacial score (nSPS) is 12.6. The molecule has 2 rings (SSSR count). The first kappa shape index (κ1) is 13.6. The summed E-state index contributed by atoms with van der Waals surface area (Å²) < 4.78 is 2.00. The Morgan fingerprint density at radius 2 is 2.21 bits per heavy atom. The van der Waals surface area contributed by atoms with Gasteiger partial charge in [-0.25, -0.2) is 4.98 Å². The van der Waals surface area contributed by atoms with E-state index in [1.54, 1.807) is 6.20 Å². The second kappa shape index (κ2) is 5.90. The van der Waals surface area contributed by atoms with Gasteiger partial charge < -0.3 is 4.57 Å². The summed E-state index contributed by atoms with van der Waals surface area (Å²) in [6.07, 6.45) is 5.28. The molecule has 1 atom stereocenters. The van der Waals surface area contributed by atoms with E-state index in [1.165, 1.54) is 0 Å². The van der Waals surface area contributed by atoms with E-state index >= 15 is 0 Å². The number of nitrogens with zero attached hydrogens (tertiary/aromatic N) is 4. The van der Waals surface area contributed by atoms with Gasteiger partial charge in [0, 0.05) is 25.9 Å². The quantitative estimate of drug-likeness (QED) is 0.614. The zero-order valence-electron chi connectivity index (χ0n) is 11.6. The lowest BCUT2D eigenvalue weighted by atomic mass is 10.0. The number of rotatable bonds is 5. The molecule has 0 aromatic carbocycles. The Balaban J connectivity index is 2.31. The lowest BCUT2D eigenvalue weighted by molar-refractivity contribution is 0.521. The highest BCUT2D eigenvalue weighted by Gasteiger charge is 2.17. The Hall–Kier alpha value is -1.79. The topological polar surface area (TPSA) is 81.7 Å². The van der Waals surface area contributed by atoms with Gasteiger partial charge in [0.1, 0.15) is 5.82 Å². The first-order valence-electron chi connectivity index (χ1n) is 6.41. The van der Waals surface area contributed by atoms with E-state index in [0.717, 1.165) is 35.6 Å². The highest BCUT2D eigenvalue weighted by Crippen LogP contribution is 2.20. The van der Waals surface area contributed by atoms with Gasteiger partial charge in [-0.3, -0.25) is 11.3 Å². The monoisotopic (exact) mass is 260 g/mol. The Morgan fingerprint density at radius 1 is 1.42 bits per heavy atom. The van der Waals surface area contributed by atoms with Crippen molar-refractivity contribution >= 4 is 0 Å². The number of hydrazine groups is 1. The second-order valence-electron chi connectivity index (χ2n) is 4.62. The summed E-state index contributed by atoms with van der Waals surface area (Å²) in [6.45, 7) is 4.00. The van der Waals surface area contributed by atoms with E-state index in [2.05, 4.69) is 27.5 Å². The standard InChI is InChI=1S/C13H20N6/c1-4-11-10(7-9(2)17-18-11)12(16-14)8-13-15-5-6-19(13)3/h5-7,12,16H,4,8,14H2,1-3H3. The van der Waals surface area contributed by atoms with Crippen LogP contribution in [0.5, 0.6) is 0 Å². The van der Waals surface area contributed by atoms with E-state index < -0.39 is 0 Å². The maximum absolute atomic E-state index is 5.71. The molecule has 19 heavy (non-hydrogen) atoms. The summed E-state index contributed by atoms with van der Waals surface area (Å²) in [5.41, 5.74) is 5.83. The minimum Gasteiger partial charge on any atom is -0.338 e. The molecule has 0 saturated carbocycles. The van der Waals surface area contributed by atoms with Crippen LogP contribution in [0.4, 0.5) is 0 Å². The van der Waals surface area contributed by atoms with Crippen molar-refractivity contribution < 1.29 is 0 Å². The van der Waals surface area contributed by atoms with Crippen LogP contribution in [-0.4, -0.2) is 19.7 Å². The molecule has 3 N–H and O–H groups in total. The molecule has 0 bridgehead atoms. The maximum atomic E-state index is 5.71. The van der Waals surface area contributed by atoms with Gasteiger partial charge in [-0.2, -0.15) is 10.2 Å². The van der Waals surface area contributed by atoms with Gasteiger partial charge >= 0.3 is 0 Å². The van der Waals surface area contributed by atoms with Crippen LogP contribution in [0.1, 0.15) is 35.7 Å². The van der Waals surface area contributed by atoms with E-state index in [-0.39, 0.29) is 6.04 Å². The van der Waals surface area contributed by atoms with Crippen molar-refractivity contribution in [2.45, 2.75) is 32.7 Å². The van der Waals surface area contributed by atoms with E-state index in [4.69, 9.17) is 5.84 Å². The van der Waals surface area contributed by atoms with Gasteiger partial charge in [0.05, 0.1) is 17.4 Å². The van der Waals surface area contributed by atoms with Gasteiger partial charge in [0.25, 0.3) is 0 Å². The third-order valence-corrected chi connectivity index (χ3v) is 3.25. The van der Waals surface area contributed by atoms with Gasteiger partial charge in [-0.15, -0.1) is 0 Å². The molecule has 0 amide bonds. The van der Waals surface area contributed by atoms with Crippen LogP contribution >= 0.6 is 0 Å². The van der Waals surface area contributed by atoms with Crippen LogP contribution < -0.4 is 11.3 Å². The van der Waals surface area contributed by atoms with Crippen molar-refractivity contribution in [3.05, 3.63) is 41.2 Å². The van der Waals surface area contributed by atoms with Crippen molar-refractivity contribution in [3.63, 3.8) is 0 Å². The molecule has 0 aliphatic carbocycles. The smallest absolute Gasteiger partial charge is 0.110 e. The summed E-state index contributed by atoms with van der Waals surface area (Å²) in [5.74, 6) is 6.70. The van der Waals surface area contributed by atoms with Crippen LogP contribution in [0.2, 0.25) is 0 Å². The summed E-state index contributed by atoms with van der Waals surface area (Å²) in [5, 5.41) is 8.35. The van der Waals surface area contributed by atoms with E-state index in [0.29, 0.717) is 0 Å². The summed E-state index contributed by atoms with van der Waals surface area (Å²) in [7, 11) is 1.98. The SMILES string of the molecule is CCc1nnc(C)cc1C(Cc1nccn1C)NN. The van der Waals surface area contributed by atoms with Crippen LogP contribution in [0.15, 0.2) is 18.5 Å². The zero-order chi connectivity index (χ0) is 13.8. The van der Waals surface area contributed by atoms with Crippen LogP contribution in [0.3, 0.4) is 0 Å². The molecule has 2 aromatic heterocycles. The van der Waals surface area contributed by atoms with Crippen molar-refractivity contribution in [2.24, 2.45) is 12.9 Å². The van der Waals surface area contributed by atoms with E-state index in [1.807, 2.05) is 30.8 Å². The molecule has 1 unspecified atom stereocenters. The summed E-state index contributed by atoms with van der Waals surface area (Å²) >= 11 is 0. The van der Waals surface area contributed by atoms with Gasteiger partial charge in [0.2, 0.25) is 0 Å². The molecular formula is C13H20N6. The number of aromatic nitrogens is 4. The van der Waals surface area contributed by atoms with Crippen molar-refractivity contribution in [2.75, 3.05) is 0 Å². The van der Waals surface area contributed by atoms with E-state index in [9.17, 15) is 0 Å². The fraction of sp³-hybridized carbons (Fsp3) is 0.462. The van der Waals surface area contributed by atoms with Gasteiger partial charge in [0.15, 0.2) is 0 Å². The van der Waals surface area contributed by atoms with Crippen LogP contribution in [0, 0.1) is 6.92 Å². The van der Waals surface area contributed by atoms with Crippen molar-refractivity contribution in [1.82, 2.24) is 25.2 Å². The van der Waals surface area contributed by atoms with Crippen molar-refractivity contribution in [3.8, 4) is 0 Å². The van der Waals surface area contributed by atoms with Crippen LogP contribution in [0.25, 0.3) is 0 Å². The first-order valence-corrected chi connectivity index (χ1v) is 6.41. The number of aryl methyl sites for hydroxylation is 3. The Labute approximate surface area is 113 Å². The van der Waals surface area contributed by atoms with Crippen LogP contribution in [-0.2, 0) is 19.9 Å². The molecule has 102 valence electrons. The minimum absolute atomic E-state index is 0.00903. The Bertz CT molecular complexity index is 548. The van der Waals surface area contributed by atoms with Gasteiger partial charge in [-0.1, -0.05) is 6.92 Å². The predicted molar refractivity (Wildman–Crippen MR) is 73.1 cm³/mol. The lowest BCUT2D eigenvalue weighted by Gasteiger charge is -2.18. The lowest BCUT2D eigenvalue weighted by Crippen LogP contribution is -2.31. The van der Waals surface area contributed by atoms with Crippen molar-refractivity contribution in [1.29, 1.82) is 0 Å². The molecule has 2 aromatic rings. The molecule has 0 aliphatic heterocycles. The molecule has 0 saturated heterocycles. The Morgan fingerprint density at radius 3 is 2.79 bits per heavy atom. The fourth-order valence-corrected chi connectivity index (χ4v) is 2.15. The summed E-state index contributed by atoms with van der Waals surface area (Å²) in [6, 6.07) is 2.03. The number of hydrogen-bond donors (Lipinski definition) is 2. The average molecular weight is 260 g/mol. The molecule has 0 spiro atoms. The third-order valence-electron chi connectivity index (χ3n) is 3.25.